The first-order valence-corrected chi connectivity index (χ1v) is 4.99. The van der Waals surface area contributed by atoms with Crippen molar-refractivity contribution in [2.75, 3.05) is 24.5 Å². The van der Waals surface area contributed by atoms with Crippen molar-refractivity contribution in [3.05, 3.63) is 30.1 Å². The van der Waals surface area contributed by atoms with Crippen LogP contribution in [-0.4, -0.2) is 32.0 Å². The molecule has 1 heterocycles. The molecule has 1 aromatic carbocycles. The van der Waals surface area contributed by atoms with Gasteiger partial charge in [0.2, 0.25) is 0 Å². The van der Waals surface area contributed by atoms with E-state index in [0.717, 1.165) is 25.1 Å². The van der Waals surface area contributed by atoms with E-state index in [1.807, 2.05) is 4.90 Å². The van der Waals surface area contributed by atoms with Gasteiger partial charge in [0.1, 0.15) is 12.1 Å². The van der Waals surface area contributed by atoms with E-state index in [-0.39, 0.29) is 11.9 Å². The molecule has 1 saturated heterocycles. The fourth-order valence-electron chi connectivity index (χ4n) is 1.80. The number of anilines is 1. The van der Waals surface area contributed by atoms with E-state index >= 15 is 0 Å². The van der Waals surface area contributed by atoms with Crippen molar-refractivity contribution in [1.82, 2.24) is 5.32 Å². The van der Waals surface area contributed by atoms with Crippen molar-refractivity contribution in [3.8, 4) is 0 Å². The molecule has 80 valence electrons. The zero-order valence-electron chi connectivity index (χ0n) is 8.32. The largest absolute Gasteiger partial charge is 0.359 e. The lowest BCUT2D eigenvalue weighted by molar-refractivity contribution is -0.109. The average Bonchev–Trinajstić information content (AvgIpc) is 2.30. The van der Waals surface area contributed by atoms with Crippen LogP contribution in [0.5, 0.6) is 0 Å². The van der Waals surface area contributed by atoms with Gasteiger partial charge in [0.05, 0.1) is 6.04 Å². The van der Waals surface area contributed by atoms with E-state index in [4.69, 9.17) is 0 Å². The van der Waals surface area contributed by atoms with Crippen LogP contribution in [-0.2, 0) is 4.79 Å². The van der Waals surface area contributed by atoms with Crippen LogP contribution in [0.4, 0.5) is 10.1 Å². The van der Waals surface area contributed by atoms with E-state index in [2.05, 4.69) is 5.32 Å². The fraction of sp³-hybridized carbons (Fsp3) is 0.364. The van der Waals surface area contributed by atoms with Gasteiger partial charge in [-0.15, -0.1) is 0 Å². The molecule has 1 aliphatic rings. The second kappa shape index (κ2) is 4.40. The summed E-state index contributed by atoms with van der Waals surface area (Å²) in [5.74, 6) is -0.253. The van der Waals surface area contributed by atoms with Crippen molar-refractivity contribution < 1.29 is 9.18 Å². The lowest BCUT2D eigenvalue weighted by atomic mass is 10.1. The van der Waals surface area contributed by atoms with Gasteiger partial charge in [-0.05, 0) is 24.3 Å². The summed E-state index contributed by atoms with van der Waals surface area (Å²) in [5.41, 5.74) is 0.898. The smallest absolute Gasteiger partial charge is 0.143 e. The van der Waals surface area contributed by atoms with Crippen LogP contribution in [0, 0.1) is 5.82 Å². The van der Waals surface area contributed by atoms with Crippen molar-refractivity contribution in [3.63, 3.8) is 0 Å². The van der Waals surface area contributed by atoms with E-state index in [0.29, 0.717) is 6.54 Å². The van der Waals surface area contributed by atoms with Crippen LogP contribution in [0.3, 0.4) is 0 Å². The Kier molecular flexibility index (Phi) is 2.97. The highest BCUT2D eigenvalue weighted by Crippen LogP contribution is 2.17. The van der Waals surface area contributed by atoms with Crippen LogP contribution in [0.15, 0.2) is 24.3 Å². The van der Waals surface area contributed by atoms with Gasteiger partial charge in [0, 0.05) is 25.3 Å². The van der Waals surface area contributed by atoms with Crippen LogP contribution in [0.2, 0.25) is 0 Å². The highest BCUT2D eigenvalue weighted by molar-refractivity contribution is 5.67. The van der Waals surface area contributed by atoms with E-state index in [1.54, 1.807) is 12.1 Å². The van der Waals surface area contributed by atoms with E-state index in [1.165, 1.54) is 12.1 Å². The molecule has 15 heavy (non-hydrogen) atoms. The summed E-state index contributed by atoms with van der Waals surface area (Å²) in [4.78, 5) is 12.8. The number of piperazine rings is 1. The van der Waals surface area contributed by atoms with Crippen LogP contribution in [0.1, 0.15) is 0 Å². The first-order valence-electron chi connectivity index (χ1n) is 4.99. The van der Waals surface area contributed by atoms with Gasteiger partial charge in [0.25, 0.3) is 0 Å². The maximum atomic E-state index is 12.7. The number of rotatable bonds is 2. The number of nitrogens with one attached hydrogen (secondary N) is 1. The van der Waals surface area contributed by atoms with Gasteiger partial charge in [-0.1, -0.05) is 0 Å². The Balaban J connectivity index is 2.20. The molecule has 1 unspecified atom stereocenters. The third-order valence-corrected chi connectivity index (χ3v) is 2.60. The minimum Gasteiger partial charge on any atom is -0.359 e. The lowest BCUT2D eigenvalue weighted by Gasteiger charge is -2.34. The first kappa shape index (κ1) is 10.1. The number of benzene rings is 1. The summed E-state index contributed by atoms with van der Waals surface area (Å²) in [7, 11) is 0. The molecular weight excluding hydrogens is 195 g/mol. The van der Waals surface area contributed by atoms with Crippen LogP contribution < -0.4 is 10.2 Å². The Morgan fingerprint density at radius 3 is 2.80 bits per heavy atom. The molecule has 0 radical (unpaired) electrons. The SMILES string of the molecule is O=CC1CNCCN1c1ccc(F)cc1. The van der Waals surface area contributed by atoms with Gasteiger partial charge in [-0.25, -0.2) is 4.39 Å². The molecule has 4 heteroatoms. The maximum absolute atomic E-state index is 12.7. The first-order chi connectivity index (χ1) is 7.31. The molecule has 3 nitrogen and oxygen atoms in total. The van der Waals surface area contributed by atoms with Gasteiger partial charge in [-0.3, -0.25) is 0 Å². The highest BCUT2D eigenvalue weighted by Gasteiger charge is 2.21. The molecule has 0 bridgehead atoms. The molecule has 1 atom stereocenters. The summed E-state index contributed by atoms with van der Waals surface area (Å²) >= 11 is 0. The molecule has 0 spiro atoms. The lowest BCUT2D eigenvalue weighted by Crippen LogP contribution is -2.52. The zero-order chi connectivity index (χ0) is 10.7. The third-order valence-electron chi connectivity index (χ3n) is 2.60. The summed E-state index contributed by atoms with van der Waals surface area (Å²) in [6, 6.07) is 6.09. The molecule has 1 aromatic rings. The number of carbonyl (C=O) groups is 1. The number of carbonyl (C=O) groups excluding carboxylic acids is 1. The summed E-state index contributed by atoms with van der Waals surface area (Å²) in [6.45, 7) is 2.28. The predicted molar refractivity (Wildman–Crippen MR) is 56.5 cm³/mol. The van der Waals surface area contributed by atoms with Crippen molar-refractivity contribution >= 4 is 12.0 Å². The second-order valence-electron chi connectivity index (χ2n) is 3.58. The Morgan fingerprint density at radius 1 is 1.40 bits per heavy atom. The van der Waals surface area contributed by atoms with Gasteiger partial charge >= 0.3 is 0 Å². The Morgan fingerprint density at radius 2 is 2.13 bits per heavy atom. The molecule has 0 amide bonds. The van der Waals surface area contributed by atoms with Gasteiger partial charge in [-0.2, -0.15) is 0 Å². The third kappa shape index (κ3) is 2.15. The topological polar surface area (TPSA) is 32.3 Å². The van der Waals surface area contributed by atoms with Gasteiger partial charge in [0.15, 0.2) is 0 Å². The van der Waals surface area contributed by atoms with E-state index in [9.17, 15) is 9.18 Å². The number of aldehydes is 1. The summed E-state index contributed by atoms with van der Waals surface area (Å²) in [6.07, 6.45) is 0.926. The Hall–Kier alpha value is -1.42. The summed E-state index contributed by atoms with van der Waals surface area (Å²) in [5, 5.41) is 3.15. The molecule has 1 N–H and O–H groups in total. The van der Waals surface area contributed by atoms with Crippen molar-refractivity contribution in [2.24, 2.45) is 0 Å². The molecule has 0 aromatic heterocycles. The van der Waals surface area contributed by atoms with Crippen LogP contribution in [0.25, 0.3) is 0 Å². The average molecular weight is 208 g/mol. The Bertz CT molecular complexity index is 339. The standard InChI is InChI=1S/C11H13FN2O/c12-9-1-3-10(4-2-9)14-6-5-13-7-11(14)8-15/h1-4,8,11,13H,5-7H2. The maximum Gasteiger partial charge on any atom is 0.143 e. The molecule has 1 aliphatic heterocycles. The minimum absolute atomic E-state index is 0.149. The molecule has 0 aliphatic carbocycles. The number of halogens is 1. The molecule has 0 saturated carbocycles. The highest BCUT2D eigenvalue weighted by atomic mass is 19.1. The van der Waals surface area contributed by atoms with Gasteiger partial charge < -0.3 is 15.0 Å². The fourth-order valence-corrected chi connectivity index (χ4v) is 1.80. The molecular formula is C11H13FN2O. The predicted octanol–water partition coefficient (Wildman–Crippen LogP) is 0.803. The van der Waals surface area contributed by atoms with Crippen molar-refractivity contribution in [1.29, 1.82) is 0 Å². The number of hydrogen-bond donors (Lipinski definition) is 1. The quantitative estimate of drug-likeness (QED) is 0.730. The Labute approximate surface area is 87.9 Å². The van der Waals surface area contributed by atoms with E-state index < -0.39 is 0 Å². The molecule has 1 fully saturated rings. The summed E-state index contributed by atoms with van der Waals surface area (Å²) < 4.78 is 12.7. The minimum atomic E-state index is -0.253. The monoisotopic (exact) mass is 208 g/mol. The number of hydrogen-bond acceptors (Lipinski definition) is 3. The second-order valence-corrected chi connectivity index (χ2v) is 3.58. The van der Waals surface area contributed by atoms with Crippen molar-refractivity contribution in [2.45, 2.75) is 6.04 Å². The normalized spacial score (nSPS) is 21.4. The number of nitrogens with zero attached hydrogens (tertiary/aromatic N) is 1. The zero-order valence-corrected chi connectivity index (χ0v) is 8.32. The molecule has 2 rings (SSSR count). The van der Waals surface area contributed by atoms with Crippen LogP contribution >= 0.6 is 0 Å².